The maximum Gasteiger partial charge on any atom is 0.246 e. The molecule has 1 atom stereocenters. The number of piperidine rings is 1. The van der Waals surface area contributed by atoms with Crippen LogP contribution in [0.5, 0.6) is 0 Å². The third kappa shape index (κ3) is 1.37. The van der Waals surface area contributed by atoms with Crippen LogP contribution in [0.2, 0.25) is 0 Å². The first-order valence-corrected chi connectivity index (χ1v) is 5.62. The second-order valence-corrected chi connectivity index (χ2v) is 4.87. The smallest absolute Gasteiger partial charge is 0.246 e. The summed E-state index contributed by atoms with van der Waals surface area (Å²) in [5.41, 5.74) is 0.225. The molecule has 1 spiro atoms. The van der Waals surface area contributed by atoms with Crippen LogP contribution < -0.4 is 0 Å². The SMILES string of the molecule is C=CC(=O)N1CCC(C)CC12CCC2. The van der Waals surface area contributed by atoms with Gasteiger partial charge in [0.05, 0.1) is 0 Å². The van der Waals surface area contributed by atoms with Gasteiger partial charge in [0.15, 0.2) is 0 Å². The van der Waals surface area contributed by atoms with Crippen LogP contribution in [0, 0.1) is 5.92 Å². The van der Waals surface area contributed by atoms with Crippen molar-refractivity contribution in [2.75, 3.05) is 6.54 Å². The van der Waals surface area contributed by atoms with Crippen LogP contribution in [0.1, 0.15) is 39.0 Å². The van der Waals surface area contributed by atoms with Crippen LogP contribution in [-0.2, 0) is 4.79 Å². The molecule has 2 rings (SSSR count). The van der Waals surface area contributed by atoms with Gasteiger partial charge in [0.25, 0.3) is 0 Å². The van der Waals surface area contributed by atoms with Crippen molar-refractivity contribution in [3.05, 3.63) is 12.7 Å². The van der Waals surface area contributed by atoms with Crippen molar-refractivity contribution in [3.63, 3.8) is 0 Å². The summed E-state index contributed by atoms with van der Waals surface area (Å²) in [5, 5.41) is 0. The van der Waals surface area contributed by atoms with Crippen LogP contribution in [0.25, 0.3) is 0 Å². The van der Waals surface area contributed by atoms with Crippen molar-refractivity contribution in [1.29, 1.82) is 0 Å². The van der Waals surface area contributed by atoms with Crippen molar-refractivity contribution in [2.45, 2.75) is 44.6 Å². The molecule has 0 bridgehead atoms. The topological polar surface area (TPSA) is 20.3 Å². The van der Waals surface area contributed by atoms with Gasteiger partial charge in [-0.1, -0.05) is 13.5 Å². The highest BCUT2D eigenvalue weighted by molar-refractivity contribution is 5.87. The number of likely N-dealkylation sites (tertiary alicyclic amines) is 1. The largest absolute Gasteiger partial charge is 0.333 e. The second kappa shape index (κ2) is 3.41. The first kappa shape index (κ1) is 9.75. The predicted octanol–water partition coefficient (Wildman–Crippen LogP) is 2.35. The van der Waals surface area contributed by atoms with E-state index in [1.54, 1.807) is 0 Å². The summed E-state index contributed by atoms with van der Waals surface area (Å²) in [7, 11) is 0. The van der Waals surface area contributed by atoms with Gasteiger partial charge >= 0.3 is 0 Å². The molecule has 1 saturated heterocycles. The molecule has 1 saturated carbocycles. The highest BCUT2D eigenvalue weighted by Crippen LogP contribution is 2.46. The summed E-state index contributed by atoms with van der Waals surface area (Å²) < 4.78 is 0. The zero-order valence-corrected chi connectivity index (χ0v) is 8.96. The van der Waals surface area contributed by atoms with E-state index >= 15 is 0 Å². The van der Waals surface area contributed by atoms with E-state index in [0.29, 0.717) is 0 Å². The van der Waals surface area contributed by atoms with Crippen molar-refractivity contribution in [1.82, 2.24) is 4.90 Å². The predicted molar refractivity (Wildman–Crippen MR) is 56.9 cm³/mol. The highest BCUT2D eigenvalue weighted by Gasteiger charge is 2.46. The molecule has 78 valence electrons. The Kier molecular flexibility index (Phi) is 2.38. The van der Waals surface area contributed by atoms with E-state index in [1.807, 2.05) is 0 Å². The maximum absolute atomic E-state index is 11.7. The quantitative estimate of drug-likeness (QED) is 0.585. The molecule has 0 N–H and O–H groups in total. The summed E-state index contributed by atoms with van der Waals surface area (Å²) in [6, 6.07) is 0. The molecule has 2 aliphatic rings. The number of carbonyl (C=O) groups is 1. The van der Waals surface area contributed by atoms with E-state index in [0.717, 1.165) is 18.9 Å². The fourth-order valence-electron chi connectivity index (χ4n) is 2.96. The van der Waals surface area contributed by atoms with E-state index in [4.69, 9.17) is 0 Å². The molecule has 0 radical (unpaired) electrons. The van der Waals surface area contributed by atoms with Gasteiger partial charge in [-0.3, -0.25) is 4.79 Å². The molecule has 0 aromatic rings. The number of rotatable bonds is 1. The van der Waals surface area contributed by atoms with Gasteiger partial charge in [-0.2, -0.15) is 0 Å². The molecular weight excluding hydrogens is 174 g/mol. The van der Waals surface area contributed by atoms with Crippen LogP contribution >= 0.6 is 0 Å². The molecule has 1 aliphatic carbocycles. The number of hydrogen-bond donors (Lipinski definition) is 0. The fourth-order valence-corrected chi connectivity index (χ4v) is 2.96. The average molecular weight is 193 g/mol. The van der Waals surface area contributed by atoms with Gasteiger partial charge in [0.1, 0.15) is 0 Å². The van der Waals surface area contributed by atoms with E-state index in [-0.39, 0.29) is 11.4 Å². The van der Waals surface area contributed by atoms with Gasteiger partial charge < -0.3 is 4.90 Å². The summed E-state index contributed by atoms with van der Waals surface area (Å²) in [6.07, 6.45) is 7.52. The molecule has 1 unspecified atom stereocenters. The summed E-state index contributed by atoms with van der Waals surface area (Å²) in [6.45, 7) is 6.83. The van der Waals surface area contributed by atoms with Gasteiger partial charge in [0.2, 0.25) is 5.91 Å². The lowest BCUT2D eigenvalue weighted by molar-refractivity contribution is -0.141. The summed E-state index contributed by atoms with van der Waals surface area (Å²) in [4.78, 5) is 13.8. The lowest BCUT2D eigenvalue weighted by Gasteiger charge is -2.54. The van der Waals surface area contributed by atoms with Crippen LogP contribution in [0.4, 0.5) is 0 Å². The summed E-state index contributed by atoms with van der Waals surface area (Å²) >= 11 is 0. The molecular formula is C12H19NO. The maximum atomic E-state index is 11.7. The standard InChI is InChI=1S/C12H19NO/c1-3-11(14)13-8-5-10(2)9-12(13)6-4-7-12/h3,10H,1,4-9H2,2H3. The van der Waals surface area contributed by atoms with E-state index < -0.39 is 0 Å². The van der Waals surface area contributed by atoms with Crippen LogP contribution in [0.15, 0.2) is 12.7 Å². The Morgan fingerprint density at radius 1 is 1.57 bits per heavy atom. The molecule has 2 fully saturated rings. The number of nitrogens with zero attached hydrogens (tertiary/aromatic N) is 1. The van der Waals surface area contributed by atoms with Crippen molar-refractivity contribution < 1.29 is 4.79 Å². The van der Waals surface area contributed by atoms with Gasteiger partial charge in [-0.05, 0) is 44.1 Å². The number of amides is 1. The first-order chi connectivity index (χ1) is 6.68. The second-order valence-electron chi connectivity index (χ2n) is 4.87. The molecule has 14 heavy (non-hydrogen) atoms. The summed E-state index contributed by atoms with van der Waals surface area (Å²) in [5.74, 6) is 0.917. The number of carbonyl (C=O) groups excluding carboxylic acids is 1. The normalized spacial score (nSPS) is 29.8. The third-order valence-electron chi connectivity index (χ3n) is 3.87. The van der Waals surface area contributed by atoms with Crippen molar-refractivity contribution >= 4 is 5.91 Å². The first-order valence-electron chi connectivity index (χ1n) is 5.62. The lowest BCUT2D eigenvalue weighted by Crippen LogP contribution is -2.59. The Hall–Kier alpha value is -0.790. The average Bonchev–Trinajstić information content (AvgIpc) is 2.14. The van der Waals surface area contributed by atoms with Gasteiger partial charge in [0, 0.05) is 12.1 Å². The van der Waals surface area contributed by atoms with Gasteiger partial charge in [-0.15, -0.1) is 0 Å². The fraction of sp³-hybridized carbons (Fsp3) is 0.750. The van der Waals surface area contributed by atoms with Gasteiger partial charge in [-0.25, -0.2) is 0 Å². The highest BCUT2D eigenvalue weighted by atomic mass is 16.2. The monoisotopic (exact) mass is 193 g/mol. The van der Waals surface area contributed by atoms with E-state index in [1.165, 1.54) is 31.8 Å². The molecule has 2 nitrogen and oxygen atoms in total. The van der Waals surface area contributed by atoms with Crippen LogP contribution in [0.3, 0.4) is 0 Å². The zero-order valence-electron chi connectivity index (χ0n) is 8.96. The Morgan fingerprint density at radius 2 is 2.29 bits per heavy atom. The van der Waals surface area contributed by atoms with E-state index in [2.05, 4.69) is 18.4 Å². The third-order valence-corrected chi connectivity index (χ3v) is 3.87. The van der Waals surface area contributed by atoms with Crippen LogP contribution in [-0.4, -0.2) is 22.9 Å². The zero-order chi connectivity index (χ0) is 10.2. The van der Waals surface area contributed by atoms with E-state index in [9.17, 15) is 4.79 Å². The molecule has 0 aromatic heterocycles. The minimum atomic E-state index is 0.136. The molecule has 1 heterocycles. The molecule has 1 aliphatic heterocycles. The van der Waals surface area contributed by atoms with Crippen molar-refractivity contribution in [3.8, 4) is 0 Å². The Labute approximate surface area is 86.0 Å². The number of hydrogen-bond acceptors (Lipinski definition) is 1. The molecule has 1 amide bonds. The molecule has 2 heteroatoms. The Morgan fingerprint density at radius 3 is 2.79 bits per heavy atom. The Bertz CT molecular complexity index is 255. The lowest BCUT2D eigenvalue weighted by atomic mass is 9.67. The van der Waals surface area contributed by atoms with Crippen molar-refractivity contribution in [2.24, 2.45) is 5.92 Å². The Balaban J connectivity index is 2.14. The minimum Gasteiger partial charge on any atom is -0.333 e. The minimum absolute atomic E-state index is 0.136. The molecule has 0 aromatic carbocycles.